The molecule has 0 bridgehead atoms. The van der Waals surface area contributed by atoms with E-state index in [1.54, 1.807) is 0 Å². The quantitative estimate of drug-likeness (QED) is 0.617. The van der Waals surface area contributed by atoms with E-state index >= 15 is 0 Å². The van der Waals surface area contributed by atoms with Gasteiger partial charge in [-0.1, -0.05) is 32.1 Å². The van der Waals surface area contributed by atoms with Crippen LogP contribution in [0, 0.1) is 13.8 Å². The van der Waals surface area contributed by atoms with Gasteiger partial charge in [-0.3, -0.25) is 0 Å². The van der Waals surface area contributed by atoms with E-state index in [0.717, 1.165) is 16.2 Å². The highest BCUT2D eigenvalue weighted by atomic mass is 32.1. The summed E-state index contributed by atoms with van der Waals surface area (Å²) in [6, 6.07) is 13.0. The van der Waals surface area contributed by atoms with Crippen LogP contribution in [0.1, 0.15) is 42.0 Å². The van der Waals surface area contributed by atoms with E-state index in [9.17, 15) is 0 Å². The molecule has 0 aliphatic rings. The smallest absolute Gasteiger partial charge is 0.111 e. The van der Waals surface area contributed by atoms with E-state index < -0.39 is 0 Å². The Morgan fingerprint density at radius 2 is 1.79 bits per heavy atom. The van der Waals surface area contributed by atoms with Gasteiger partial charge in [-0.15, -0.1) is 0 Å². The van der Waals surface area contributed by atoms with Gasteiger partial charge < -0.3 is 9.88 Å². The Balaban J connectivity index is 1.92. The first-order chi connectivity index (χ1) is 11.4. The number of anilines is 1. The van der Waals surface area contributed by atoms with E-state index in [1.807, 2.05) is 0 Å². The number of nitrogens with one attached hydrogen (secondary N) is 1. The standard InChI is InChI=1S/C21H24N2S/c1-13(2)18-12-19(15(4)10-14(18)3)21(24)22-17-6-7-20-16(11-17)8-9-23(20)5/h6-13H,1-5H3,(H,22,24). The lowest BCUT2D eigenvalue weighted by Crippen LogP contribution is -2.13. The third-order valence-corrected chi connectivity index (χ3v) is 4.94. The molecule has 3 rings (SSSR count). The third kappa shape index (κ3) is 3.09. The molecule has 0 saturated carbocycles. The molecule has 1 aromatic heterocycles. The van der Waals surface area contributed by atoms with Gasteiger partial charge in [0, 0.05) is 35.4 Å². The van der Waals surface area contributed by atoms with E-state index in [2.05, 4.69) is 87.2 Å². The third-order valence-electron chi connectivity index (χ3n) is 4.62. The lowest BCUT2D eigenvalue weighted by atomic mass is 9.93. The van der Waals surface area contributed by atoms with Crippen molar-refractivity contribution in [1.82, 2.24) is 4.57 Å². The summed E-state index contributed by atoms with van der Waals surface area (Å²) in [6.07, 6.45) is 2.08. The Morgan fingerprint density at radius 3 is 2.50 bits per heavy atom. The maximum atomic E-state index is 5.69. The Kier molecular flexibility index (Phi) is 4.46. The lowest BCUT2D eigenvalue weighted by Gasteiger charge is -2.16. The van der Waals surface area contributed by atoms with E-state index in [4.69, 9.17) is 12.2 Å². The van der Waals surface area contributed by atoms with Crippen molar-refractivity contribution in [3.05, 3.63) is 64.8 Å². The van der Waals surface area contributed by atoms with Crippen LogP contribution in [-0.2, 0) is 7.05 Å². The van der Waals surface area contributed by atoms with Gasteiger partial charge in [0.1, 0.15) is 4.99 Å². The highest BCUT2D eigenvalue weighted by molar-refractivity contribution is 7.81. The van der Waals surface area contributed by atoms with Crippen LogP contribution in [-0.4, -0.2) is 9.56 Å². The van der Waals surface area contributed by atoms with E-state index in [1.165, 1.54) is 27.6 Å². The summed E-state index contributed by atoms with van der Waals surface area (Å²) in [5, 5.41) is 4.62. The van der Waals surface area contributed by atoms with Crippen LogP contribution < -0.4 is 5.32 Å². The fourth-order valence-electron chi connectivity index (χ4n) is 3.29. The fraction of sp³-hybridized carbons (Fsp3) is 0.286. The van der Waals surface area contributed by atoms with Gasteiger partial charge in [0.25, 0.3) is 0 Å². The number of hydrogen-bond acceptors (Lipinski definition) is 1. The zero-order valence-electron chi connectivity index (χ0n) is 15.0. The zero-order valence-corrected chi connectivity index (χ0v) is 15.8. The minimum absolute atomic E-state index is 0.493. The van der Waals surface area contributed by atoms with Gasteiger partial charge in [0.05, 0.1) is 0 Å². The molecule has 0 aliphatic heterocycles. The highest BCUT2D eigenvalue weighted by Gasteiger charge is 2.12. The summed E-state index contributed by atoms with van der Waals surface area (Å²) >= 11 is 5.69. The van der Waals surface area contributed by atoms with Crippen molar-refractivity contribution >= 4 is 33.8 Å². The number of fused-ring (bicyclic) bond motifs is 1. The van der Waals surface area contributed by atoms with Crippen molar-refractivity contribution in [3.63, 3.8) is 0 Å². The van der Waals surface area contributed by atoms with Crippen LogP contribution >= 0.6 is 12.2 Å². The van der Waals surface area contributed by atoms with Gasteiger partial charge >= 0.3 is 0 Å². The molecule has 24 heavy (non-hydrogen) atoms. The summed E-state index contributed by atoms with van der Waals surface area (Å²) in [4.78, 5) is 0.782. The predicted octanol–water partition coefficient (Wildman–Crippen LogP) is 5.71. The number of aromatic nitrogens is 1. The molecule has 0 radical (unpaired) electrons. The van der Waals surface area contributed by atoms with Crippen LogP contribution in [0.3, 0.4) is 0 Å². The number of rotatable bonds is 3. The van der Waals surface area contributed by atoms with Gasteiger partial charge in [-0.05, 0) is 66.8 Å². The molecule has 1 heterocycles. The van der Waals surface area contributed by atoms with Gasteiger partial charge in [0.15, 0.2) is 0 Å². The van der Waals surface area contributed by atoms with Crippen molar-refractivity contribution < 1.29 is 0 Å². The molecule has 2 aromatic carbocycles. The van der Waals surface area contributed by atoms with Crippen LogP contribution in [0.4, 0.5) is 5.69 Å². The maximum Gasteiger partial charge on any atom is 0.111 e. The normalized spacial score (nSPS) is 11.2. The average molecular weight is 337 g/mol. The Hall–Kier alpha value is -2.13. The largest absolute Gasteiger partial charge is 0.351 e. The number of thiocarbonyl (C=S) groups is 1. The van der Waals surface area contributed by atoms with E-state index in [0.29, 0.717) is 5.92 Å². The first-order valence-corrected chi connectivity index (χ1v) is 8.75. The molecule has 0 atom stereocenters. The summed E-state index contributed by atoms with van der Waals surface area (Å²) in [5.74, 6) is 0.493. The molecular weight excluding hydrogens is 312 g/mol. The van der Waals surface area contributed by atoms with Crippen molar-refractivity contribution in [2.24, 2.45) is 7.05 Å². The molecular formula is C21H24N2S. The fourth-order valence-corrected chi connectivity index (χ4v) is 3.63. The molecule has 0 fully saturated rings. The summed E-state index contributed by atoms with van der Waals surface area (Å²) in [6.45, 7) is 8.75. The molecule has 0 unspecified atom stereocenters. The minimum Gasteiger partial charge on any atom is -0.351 e. The van der Waals surface area contributed by atoms with Gasteiger partial charge in [-0.25, -0.2) is 0 Å². The average Bonchev–Trinajstić information content (AvgIpc) is 2.87. The molecule has 0 saturated heterocycles. The van der Waals surface area contributed by atoms with Crippen molar-refractivity contribution in [2.75, 3.05) is 5.32 Å². The molecule has 3 heteroatoms. The second kappa shape index (κ2) is 6.40. The van der Waals surface area contributed by atoms with E-state index in [-0.39, 0.29) is 0 Å². The maximum absolute atomic E-state index is 5.69. The number of hydrogen-bond donors (Lipinski definition) is 1. The van der Waals surface area contributed by atoms with Crippen LogP contribution in [0.15, 0.2) is 42.6 Å². The molecule has 0 spiro atoms. The summed E-state index contributed by atoms with van der Waals surface area (Å²) < 4.78 is 2.12. The minimum atomic E-state index is 0.493. The second-order valence-corrected chi connectivity index (χ2v) is 7.24. The van der Waals surface area contributed by atoms with Crippen LogP contribution in [0.2, 0.25) is 0 Å². The second-order valence-electron chi connectivity index (χ2n) is 6.83. The van der Waals surface area contributed by atoms with Crippen LogP contribution in [0.25, 0.3) is 10.9 Å². The molecule has 0 amide bonds. The van der Waals surface area contributed by atoms with Crippen molar-refractivity contribution in [3.8, 4) is 0 Å². The van der Waals surface area contributed by atoms with Crippen LogP contribution in [0.5, 0.6) is 0 Å². The first kappa shape index (κ1) is 16.7. The molecule has 124 valence electrons. The number of benzene rings is 2. The highest BCUT2D eigenvalue weighted by Crippen LogP contribution is 2.25. The van der Waals surface area contributed by atoms with Crippen molar-refractivity contribution in [1.29, 1.82) is 0 Å². The van der Waals surface area contributed by atoms with Crippen molar-refractivity contribution in [2.45, 2.75) is 33.6 Å². The summed E-state index contributed by atoms with van der Waals surface area (Å²) in [5.41, 5.74) is 7.28. The number of nitrogens with zero attached hydrogens (tertiary/aromatic N) is 1. The topological polar surface area (TPSA) is 17.0 Å². The number of aryl methyl sites for hydroxylation is 3. The Bertz CT molecular complexity index is 919. The predicted molar refractivity (Wildman–Crippen MR) is 108 cm³/mol. The molecule has 3 aromatic rings. The Morgan fingerprint density at radius 1 is 1.04 bits per heavy atom. The molecule has 2 nitrogen and oxygen atoms in total. The van der Waals surface area contributed by atoms with Gasteiger partial charge in [0.2, 0.25) is 0 Å². The SMILES string of the molecule is Cc1cc(C)c(C(C)C)cc1C(=S)Nc1ccc2c(ccn2C)c1. The monoisotopic (exact) mass is 336 g/mol. The lowest BCUT2D eigenvalue weighted by molar-refractivity contribution is 0.855. The Labute approximate surface area is 149 Å². The summed E-state index contributed by atoms with van der Waals surface area (Å²) in [7, 11) is 2.06. The molecule has 0 aliphatic carbocycles. The first-order valence-electron chi connectivity index (χ1n) is 8.34. The van der Waals surface area contributed by atoms with Gasteiger partial charge in [-0.2, -0.15) is 0 Å². The molecule has 1 N–H and O–H groups in total. The zero-order chi connectivity index (χ0) is 17.4.